The second-order valence-electron chi connectivity index (χ2n) is 5.59. The van der Waals surface area contributed by atoms with E-state index in [1.165, 1.54) is 6.42 Å². The van der Waals surface area contributed by atoms with Crippen molar-refractivity contribution >= 4 is 5.91 Å². The smallest absolute Gasteiger partial charge is 0.273 e. The van der Waals surface area contributed by atoms with Crippen LogP contribution in [0, 0.1) is 11.8 Å². The van der Waals surface area contributed by atoms with Crippen LogP contribution < -0.4 is 11.1 Å². The molecule has 1 aliphatic carbocycles. The monoisotopic (exact) mass is 265 g/mol. The number of carbonyl (C=O) groups excluding carboxylic acids is 1. The van der Waals surface area contributed by atoms with Crippen molar-refractivity contribution in [2.75, 3.05) is 6.54 Å². The third kappa shape index (κ3) is 3.53. The van der Waals surface area contributed by atoms with Crippen LogP contribution in [-0.2, 0) is 6.54 Å². The van der Waals surface area contributed by atoms with Crippen LogP contribution >= 0.6 is 0 Å². The van der Waals surface area contributed by atoms with Crippen molar-refractivity contribution in [3.63, 3.8) is 0 Å². The van der Waals surface area contributed by atoms with Crippen molar-refractivity contribution in [2.24, 2.45) is 17.6 Å². The molecule has 1 amide bonds. The van der Waals surface area contributed by atoms with Gasteiger partial charge in [0.15, 0.2) is 5.69 Å². The first-order valence-corrected chi connectivity index (χ1v) is 7.01. The molecule has 6 heteroatoms. The molecule has 1 aromatic rings. The van der Waals surface area contributed by atoms with Crippen LogP contribution in [-0.4, -0.2) is 33.5 Å². The summed E-state index contributed by atoms with van der Waals surface area (Å²) < 4.78 is 1.60. The maximum atomic E-state index is 12.1. The van der Waals surface area contributed by atoms with E-state index in [0.717, 1.165) is 18.8 Å². The Bertz CT molecular complexity index is 430. The van der Waals surface area contributed by atoms with Gasteiger partial charge in [-0.15, -0.1) is 5.10 Å². The molecule has 1 aromatic heterocycles. The Hall–Kier alpha value is -1.43. The van der Waals surface area contributed by atoms with E-state index in [2.05, 4.69) is 29.5 Å². The molecular formula is C13H23N5O. The Morgan fingerprint density at radius 1 is 1.47 bits per heavy atom. The third-order valence-corrected chi connectivity index (χ3v) is 4.06. The normalized spacial score (nSPS) is 27.2. The van der Waals surface area contributed by atoms with Gasteiger partial charge in [0.05, 0.1) is 12.7 Å². The largest absolute Gasteiger partial charge is 0.348 e. The van der Waals surface area contributed by atoms with E-state index in [4.69, 9.17) is 5.73 Å². The Kier molecular flexibility index (Phi) is 4.52. The number of hydrogen-bond acceptors (Lipinski definition) is 4. The fraction of sp³-hybridized carbons (Fsp3) is 0.769. The molecule has 2 rings (SSSR count). The van der Waals surface area contributed by atoms with Gasteiger partial charge in [-0.1, -0.05) is 19.1 Å². The molecular weight excluding hydrogens is 242 g/mol. The maximum Gasteiger partial charge on any atom is 0.273 e. The molecule has 1 heterocycles. The summed E-state index contributed by atoms with van der Waals surface area (Å²) in [6.07, 6.45) is 4.92. The number of nitrogens with two attached hydrogens (primary N) is 1. The summed E-state index contributed by atoms with van der Waals surface area (Å²) in [5, 5.41) is 10.8. The van der Waals surface area contributed by atoms with Gasteiger partial charge in [-0.05, 0) is 31.1 Å². The Morgan fingerprint density at radius 3 is 2.95 bits per heavy atom. The Labute approximate surface area is 113 Å². The number of hydrogen-bond donors (Lipinski definition) is 2. The lowest BCUT2D eigenvalue weighted by molar-refractivity contribution is 0.0905. The highest BCUT2D eigenvalue weighted by Gasteiger charge is 2.26. The van der Waals surface area contributed by atoms with Gasteiger partial charge in [-0.25, -0.2) is 0 Å². The predicted octanol–water partition coefficient (Wildman–Crippen LogP) is 0.791. The molecule has 1 saturated carbocycles. The minimum Gasteiger partial charge on any atom is -0.348 e. The van der Waals surface area contributed by atoms with Crippen LogP contribution in [0.1, 0.15) is 43.6 Å². The topological polar surface area (TPSA) is 85.8 Å². The molecule has 1 aliphatic rings. The van der Waals surface area contributed by atoms with Crippen molar-refractivity contribution < 1.29 is 4.79 Å². The second-order valence-corrected chi connectivity index (χ2v) is 5.59. The lowest BCUT2D eigenvalue weighted by atomic mass is 9.79. The van der Waals surface area contributed by atoms with Gasteiger partial charge in [0, 0.05) is 12.6 Å². The molecule has 1 fully saturated rings. The van der Waals surface area contributed by atoms with E-state index in [1.807, 2.05) is 0 Å². The zero-order valence-electron chi connectivity index (χ0n) is 11.7. The summed E-state index contributed by atoms with van der Waals surface area (Å²) >= 11 is 0. The molecule has 0 aromatic carbocycles. The first-order chi connectivity index (χ1) is 9.10. The average Bonchev–Trinajstić information content (AvgIpc) is 2.83. The number of amides is 1. The molecule has 0 spiro atoms. The van der Waals surface area contributed by atoms with Gasteiger partial charge < -0.3 is 11.1 Å². The molecule has 3 atom stereocenters. The lowest BCUT2D eigenvalue weighted by Gasteiger charge is -2.32. The molecule has 3 unspecified atom stereocenters. The molecule has 0 radical (unpaired) electrons. The van der Waals surface area contributed by atoms with Crippen LogP contribution in [0.2, 0.25) is 0 Å². The fourth-order valence-electron chi connectivity index (χ4n) is 2.58. The molecule has 0 bridgehead atoms. The zero-order valence-corrected chi connectivity index (χ0v) is 11.7. The molecule has 19 heavy (non-hydrogen) atoms. The van der Waals surface area contributed by atoms with E-state index in [9.17, 15) is 4.79 Å². The Morgan fingerprint density at radius 2 is 2.26 bits per heavy atom. The number of nitrogens with one attached hydrogen (secondary N) is 1. The van der Waals surface area contributed by atoms with Crippen LogP contribution in [0.15, 0.2) is 6.20 Å². The summed E-state index contributed by atoms with van der Waals surface area (Å²) in [5.74, 6) is 1.28. The highest BCUT2D eigenvalue weighted by atomic mass is 16.2. The van der Waals surface area contributed by atoms with E-state index < -0.39 is 0 Å². The Balaban J connectivity index is 1.89. The number of nitrogens with zero attached hydrogens (tertiary/aromatic N) is 3. The third-order valence-electron chi connectivity index (χ3n) is 4.06. The van der Waals surface area contributed by atoms with Crippen LogP contribution in [0.3, 0.4) is 0 Å². The van der Waals surface area contributed by atoms with Gasteiger partial charge in [0.1, 0.15) is 0 Å². The van der Waals surface area contributed by atoms with Crippen LogP contribution in [0.4, 0.5) is 0 Å². The van der Waals surface area contributed by atoms with Crippen molar-refractivity contribution in [2.45, 2.75) is 45.7 Å². The molecule has 6 nitrogen and oxygen atoms in total. The van der Waals surface area contributed by atoms with Gasteiger partial charge in [-0.3, -0.25) is 9.48 Å². The van der Waals surface area contributed by atoms with E-state index in [1.54, 1.807) is 10.9 Å². The van der Waals surface area contributed by atoms with Crippen molar-refractivity contribution in [3.8, 4) is 0 Å². The highest BCUT2D eigenvalue weighted by molar-refractivity contribution is 5.92. The highest BCUT2D eigenvalue weighted by Crippen LogP contribution is 2.29. The molecule has 0 saturated heterocycles. The van der Waals surface area contributed by atoms with Crippen LogP contribution in [0.5, 0.6) is 0 Å². The van der Waals surface area contributed by atoms with Gasteiger partial charge in [-0.2, -0.15) is 0 Å². The zero-order chi connectivity index (χ0) is 13.8. The number of aromatic nitrogens is 3. The average molecular weight is 265 g/mol. The molecule has 106 valence electrons. The second kappa shape index (κ2) is 6.14. The molecule has 3 N–H and O–H groups in total. The summed E-state index contributed by atoms with van der Waals surface area (Å²) in [5.41, 5.74) is 5.81. The predicted molar refractivity (Wildman–Crippen MR) is 72.5 cm³/mol. The molecule has 0 aliphatic heterocycles. The quantitative estimate of drug-likeness (QED) is 0.843. The van der Waals surface area contributed by atoms with E-state index in [0.29, 0.717) is 24.7 Å². The van der Waals surface area contributed by atoms with Gasteiger partial charge in [0.25, 0.3) is 5.91 Å². The standard InChI is InChI=1S/C13H23N5O/c1-9-3-4-11(7-10(9)2)15-13(19)12-8-18(6-5-14)17-16-12/h8-11H,3-7,14H2,1-2H3,(H,15,19). The summed E-state index contributed by atoms with van der Waals surface area (Å²) in [6.45, 7) is 5.60. The van der Waals surface area contributed by atoms with E-state index in [-0.39, 0.29) is 11.9 Å². The number of carbonyl (C=O) groups is 1. The minimum atomic E-state index is -0.130. The number of rotatable bonds is 4. The maximum absolute atomic E-state index is 12.1. The van der Waals surface area contributed by atoms with Crippen LogP contribution in [0.25, 0.3) is 0 Å². The van der Waals surface area contributed by atoms with Crippen molar-refractivity contribution in [3.05, 3.63) is 11.9 Å². The summed E-state index contributed by atoms with van der Waals surface area (Å²) in [6, 6.07) is 0.262. The van der Waals surface area contributed by atoms with E-state index >= 15 is 0 Å². The first-order valence-electron chi connectivity index (χ1n) is 7.01. The van der Waals surface area contributed by atoms with Crippen molar-refractivity contribution in [1.29, 1.82) is 0 Å². The fourth-order valence-corrected chi connectivity index (χ4v) is 2.58. The summed E-state index contributed by atoms with van der Waals surface area (Å²) in [7, 11) is 0. The first kappa shape index (κ1) is 14.0. The van der Waals surface area contributed by atoms with Gasteiger partial charge >= 0.3 is 0 Å². The summed E-state index contributed by atoms with van der Waals surface area (Å²) in [4.78, 5) is 12.1. The minimum absolute atomic E-state index is 0.130. The lowest BCUT2D eigenvalue weighted by Crippen LogP contribution is -2.40. The SMILES string of the molecule is CC1CCC(NC(=O)c2cn(CCN)nn2)CC1C. The van der Waals surface area contributed by atoms with Crippen molar-refractivity contribution in [1.82, 2.24) is 20.3 Å². The van der Waals surface area contributed by atoms with Gasteiger partial charge in [0.2, 0.25) is 0 Å².